The topological polar surface area (TPSA) is 128 Å². The number of methoxy groups -OCH3 is 1. The van der Waals surface area contributed by atoms with E-state index in [-0.39, 0.29) is 18.7 Å². The zero-order valence-electron chi connectivity index (χ0n) is 11.6. The second kappa shape index (κ2) is 7.88. The van der Waals surface area contributed by atoms with Crippen molar-refractivity contribution in [2.24, 2.45) is 0 Å². The van der Waals surface area contributed by atoms with Gasteiger partial charge in [-0.3, -0.25) is 9.59 Å². The van der Waals surface area contributed by atoms with Crippen LogP contribution in [0.25, 0.3) is 0 Å². The number of nitrogens with zero attached hydrogens (tertiary/aromatic N) is 1. The minimum atomic E-state index is -1.25. The number of hydrogen-bond donors (Lipinski definition) is 2. The number of hydrogen-bond acceptors (Lipinski definition) is 7. The van der Waals surface area contributed by atoms with E-state index in [2.05, 4.69) is 15.2 Å². The molecule has 0 aliphatic carbocycles. The third kappa shape index (κ3) is 5.93. The molecule has 0 saturated heterocycles. The van der Waals surface area contributed by atoms with Crippen LogP contribution in [0.3, 0.4) is 0 Å². The first-order valence-electron chi connectivity index (χ1n) is 6.07. The van der Waals surface area contributed by atoms with E-state index in [1.165, 1.54) is 13.2 Å². The smallest absolute Gasteiger partial charge is 0.326 e. The van der Waals surface area contributed by atoms with Crippen molar-refractivity contribution >= 4 is 17.8 Å². The molecule has 1 rings (SSSR count). The van der Waals surface area contributed by atoms with Gasteiger partial charge >= 0.3 is 11.9 Å². The van der Waals surface area contributed by atoms with Gasteiger partial charge in [-0.05, 0) is 18.5 Å². The summed E-state index contributed by atoms with van der Waals surface area (Å²) >= 11 is 0. The Bertz CT molecular complexity index is 511. The molecule has 0 unspecified atom stereocenters. The molecule has 0 aliphatic rings. The molecule has 1 aromatic rings. The van der Waals surface area contributed by atoms with Crippen molar-refractivity contribution in [1.82, 2.24) is 10.5 Å². The van der Waals surface area contributed by atoms with Crippen molar-refractivity contribution in [1.29, 1.82) is 0 Å². The number of aromatic nitrogens is 1. The molecule has 9 nitrogen and oxygen atoms in total. The first-order chi connectivity index (χ1) is 9.92. The third-order valence-corrected chi connectivity index (χ3v) is 2.46. The van der Waals surface area contributed by atoms with Gasteiger partial charge in [-0.1, -0.05) is 0 Å². The van der Waals surface area contributed by atoms with Crippen LogP contribution in [0, 0.1) is 6.92 Å². The van der Waals surface area contributed by atoms with Crippen molar-refractivity contribution in [3.05, 3.63) is 11.8 Å². The summed E-state index contributed by atoms with van der Waals surface area (Å²) in [4.78, 5) is 33.5. The van der Waals surface area contributed by atoms with Crippen LogP contribution in [0.2, 0.25) is 0 Å². The van der Waals surface area contributed by atoms with E-state index in [1.54, 1.807) is 6.92 Å². The van der Waals surface area contributed by atoms with Crippen LogP contribution >= 0.6 is 0 Å². The molecular formula is C12H16N2O7. The van der Waals surface area contributed by atoms with Crippen LogP contribution in [0.4, 0.5) is 0 Å². The highest BCUT2D eigenvalue weighted by atomic mass is 16.5. The van der Waals surface area contributed by atoms with Crippen LogP contribution in [-0.2, 0) is 19.1 Å². The fourth-order valence-electron chi connectivity index (χ4n) is 1.41. The van der Waals surface area contributed by atoms with Crippen molar-refractivity contribution in [3.8, 4) is 5.88 Å². The molecule has 0 spiro atoms. The lowest BCUT2D eigenvalue weighted by atomic mass is 10.1. The number of amides is 1. The highest BCUT2D eigenvalue weighted by Gasteiger charge is 2.21. The standard InChI is InChI=1S/C12H16N2O7/c1-7-5-10(14-21-7)20-6-9(15)13-8(12(17)18)3-4-11(16)19-2/h5,8H,3-4,6H2,1-2H3,(H,13,15)(H,17,18)/t8-/m0/s1. The van der Waals surface area contributed by atoms with Gasteiger partial charge in [-0.25, -0.2) is 4.79 Å². The second-order valence-corrected chi connectivity index (χ2v) is 4.14. The summed E-state index contributed by atoms with van der Waals surface area (Å²) < 4.78 is 14.2. The summed E-state index contributed by atoms with van der Waals surface area (Å²) in [5, 5.41) is 14.7. The Hall–Kier alpha value is -2.58. The Morgan fingerprint density at radius 3 is 2.71 bits per heavy atom. The predicted octanol–water partition coefficient (Wildman–Crippen LogP) is -0.116. The zero-order valence-corrected chi connectivity index (χ0v) is 11.6. The van der Waals surface area contributed by atoms with Gasteiger partial charge in [0, 0.05) is 12.5 Å². The summed E-state index contributed by atoms with van der Waals surface area (Å²) in [5.41, 5.74) is 0. The lowest BCUT2D eigenvalue weighted by Crippen LogP contribution is -2.43. The van der Waals surface area contributed by atoms with Crippen molar-refractivity contribution < 1.29 is 33.5 Å². The van der Waals surface area contributed by atoms with Crippen LogP contribution in [0.15, 0.2) is 10.6 Å². The molecule has 0 aromatic carbocycles. The Balaban J connectivity index is 2.41. The second-order valence-electron chi connectivity index (χ2n) is 4.14. The van der Waals surface area contributed by atoms with E-state index in [0.717, 1.165) is 0 Å². The molecule has 0 aliphatic heterocycles. The SMILES string of the molecule is COC(=O)CC[C@H](NC(=O)COc1cc(C)on1)C(=O)O. The number of carbonyl (C=O) groups excluding carboxylic acids is 2. The fraction of sp³-hybridized carbons (Fsp3) is 0.500. The molecule has 1 aromatic heterocycles. The Labute approximate surface area is 120 Å². The minimum absolute atomic E-state index is 0.0726. The summed E-state index contributed by atoms with van der Waals surface area (Å²) in [6.07, 6.45) is -0.187. The molecule has 2 N–H and O–H groups in total. The Morgan fingerprint density at radius 2 is 2.19 bits per heavy atom. The van der Waals surface area contributed by atoms with Gasteiger partial charge in [0.25, 0.3) is 11.8 Å². The zero-order chi connectivity index (χ0) is 15.8. The lowest BCUT2D eigenvalue weighted by molar-refractivity contribution is -0.144. The van der Waals surface area contributed by atoms with Crippen LogP contribution in [0.5, 0.6) is 5.88 Å². The number of esters is 1. The number of aryl methyl sites for hydroxylation is 1. The van der Waals surface area contributed by atoms with E-state index < -0.39 is 30.5 Å². The van der Waals surface area contributed by atoms with E-state index in [9.17, 15) is 14.4 Å². The van der Waals surface area contributed by atoms with E-state index in [0.29, 0.717) is 5.76 Å². The Morgan fingerprint density at radius 1 is 1.48 bits per heavy atom. The normalized spacial score (nSPS) is 11.5. The highest BCUT2D eigenvalue weighted by molar-refractivity contribution is 5.84. The van der Waals surface area contributed by atoms with E-state index in [4.69, 9.17) is 14.4 Å². The number of rotatable bonds is 8. The first-order valence-corrected chi connectivity index (χ1v) is 6.07. The molecular weight excluding hydrogens is 284 g/mol. The largest absolute Gasteiger partial charge is 0.480 e. The summed E-state index contributed by atoms with van der Waals surface area (Å²) in [7, 11) is 1.20. The van der Waals surface area contributed by atoms with Crippen LogP contribution in [-0.4, -0.2) is 47.9 Å². The van der Waals surface area contributed by atoms with Crippen molar-refractivity contribution in [2.75, 3.05) is 13.7 Å². The minimum Gasteiger partial charge on any atom is -0.480 e. The Kier molecular flexibility index (Phi) is 6.18. The lowest BCUT2D eigenvalue weighted by Gasteiger charge is -2.13. The van der Waals surface area contributed by atoms with E-state index in [1.807, 2.05) is 0 Å². The average molecular weight is 300 g/mol. The average Bonchev–Trinajstić information content (AvgIpc) is 2.86. The van der Waals surface area contributed by atoms with Gasteiger partial charge < -0.3 is 24.4 Å². The van der Waals surface area contributed by atoms with E-state index >= 15 is 0 Å². The van der Waals surface area contributed by atoms with Crippen molar-refractivity contribution in [3.63, 3.8) is 0 Å². The number of aliphatic carboxylic acids is 1. The van der Waals surface area contributed by atoms with Crippen LogP contribution in [0.1, 0.15) is 18.6 Å². The maximum absolute atomic E-state index is 11.6. The number of nitrogens with one attached hydrogen (secondary N) is 1. The van der Waals surface area contributed by atoms with Gasteiger partial charge in [0.2, 0.25) is 0 Å². The molecule has 1 atom stereocenters. The summed E-state index contributed by atoms with van der Waals surface area (Å²) in [6, 6.07) is 0.290. The molecule has 0 radical (unpaired) electrons. The number of carbonyl (C=O) groups is 3. The molecule has 0 fully saturated rings. The summed E-state index contributed by atoms with van der Waals surface area (Å²) in [6.45, 7) is 1.25. The molecule has 21 heavy (non-hydrogen) atoms. The molecule has 9 heteroatoms. The van der Waals surface area contributed by atoms with Crippen LogP contribution < -0.4 is 10.1 Å². The van der Waals surface area contributed by atoms with Gasteiger partial charge in [-0.2, -0.15) is 0 Å². The molecule has 0 bridgehead atoms. The van der Waals surface area contributed by atoms with Gasteiger partial charge in [0.1, 0.15) is 11.8 Å². The first kappa shape index (κ1) is 16.5. The number of carboxylic acids is 1. The van der Waals surface area contributed by atoms with Gasteiger partial charge in [-0.15, -0.1) is 0 Å². The molecule has 116 valence electrons. The maximum Gasteiger partial charge on any atom is 0.326 e. The number of carboxylic acid groups (broad SMARTS) is 1. The molecule has 0 saturated carbocycles. The predicted molar refractivity (Wildman–Crippen MR) is 67.6 cm³/mol. The fourth-order valence-corrected chi connectivity index (χ4v) is 1.41. The maximum atomic E-state index is 11.6. The molecule has 1 heterocycles. The monoisotopic (exact) mass is 300 g/mol. The van der Waals surface area contributed by atoms with Gasteiger partial charge in [0.05, 0.1) is 7.11 Å². The number of ether oxygens (including phenoxy) is 2. The summed E-state index contributed by atoms with van der Waals surface area (Å²) in [5.74, 6) is -1.79. The van der Waals surface area contributed by atoms with Crippen molar-refractivity contribution in [2.45, 2.75) is 25.8 Å². The quantitative estimate of drug-likeness (QED) is 0.636. The molecule has 1 amide bonds. The highest BCUT2D eigenvalue weighted by Crippen LogP contribution is 2.09. The van der Waals surface area contributed by atoms with Gasteiger partial charge in [0.15, 0.2) is 6.61 Å². The third-order valence-electron chi connectivity index (χ3n) is 2.46.